The highest BCUT2D eigenvalue weighted by Gasteiger charge is 2.20. The van der Waals surface area contributed by atoms with E-state index < -0.39 is 6.10 Å². The summed E-state index contributed by atoms with van der Waals surface area (Å²) in [5, 5.41) is 17.2. The minimum atomic E-state index is -0.463. The molecule has 1 aliphatic carbocycles. The molecule has 0 radical (unpaired) electrons. The molecule has 0 amide bonds. The van der Waals surface area contributed by atoms with Gasteiger partial charge in [0.15, 0.2) is 0 Å². The Labute approximate surface area is 77.6 Å². The Morgan fingerprint density at radius 1 is 1.69 bits per heavy atom. The van der Waals surface area contributed by atoms with Gasteiger partial charge in [0.1, 0.15) is 0 Å². The molecule has 1 heterocycles. The van der Waals surface area contributed by atoms with Gasteiger partial charge >= 0.3 is 0 Å². The van der Waals surface area contributed by atoms with Crippen LogP contribution in [-0.2, 0) is 6.54 Å². The molecule has 0 spiro atoms. The lowest BCUT2D eigenvalue weighted by Gasteiger charge is -2.25. The molecule has 13 heavy (non-hydrogen) atoms. The zero-order valence-electron chi connectivity index (χ0n) is 7.85. The summed E-state index contributed by atoms with van der Waals surface area (Å²) >= 11 is 0. The maximum absolute atomic E-state index is 9.40. The van der Waals surface area contributed by atoms with E-state index in [1.165, 1.54) is 19.3 Å². The van der Waals surface area contributed by atoms with E-state index in [1.807, 2.05) is 4.68 Å². The molecule has 2 rings (SSSR count). The van der Waals surface area contributed by atoms with Gasteiger partial charge in [0.2, 0.25) is 0 Å². The smallest absolute Gasteiger partial charge is 0.0945 e. The number of hydrogen-bond donors (Lipinski definition) is 1. The maximum atomic E-state index is 9.40. The van der Waals surface area contributed by atoms with E-state index in [9.17, 15) is 5.11 Å². The molecule has 1 saturated carbocycles. The highest BCUT2D eigenvalue weighted by atomic mass is 16.3. The lowest BCUT2D eigenvalue weighted by atomic mass is 9.85. The van der Waals surface area contributed by atoms with Crippen molar-refractivity contribution in [3.63, 3.8) is 0 Å². The molecule has 1 N–H and O–H groups in total. The van der Waals surface area contributed by atoms with Crippen LogP contribution < -0.4 is 0 Å². The first kappa shape index (κ1) is 8.69. The average Bonchev–Trinajstić information content (AvgIpc) is 2.44. The molecule has 0 unspecified atom stereocenters. The summed E-state index contributed by atoms with van der Waals surface area (Å²) in [6, 6.07) is 0. The Bertz CT molecular complexity index is 278. The number of nitrogens with zero attached hydrogens (tertiary/aromatic N) is 3. The molecular formula is C9H15N3O. The summed E-state index contributed by atoms with van der Waals surface area (Å²) in [5.41, 5.74) is 0.826. The molecule has 0 aromatic carbocycles. The van der Waals surface area contributed by atoms with Gasteiger partial charge in [0.25, 0.3) is 0 Å². The Hall–Kier alpha value is -0.900. The first-order valence-corrected chi connectivity index (χ1v) is 4.84. The van der Waals surface area contributed by atoms with Gasteiger partial charge in [-0.25, -0.2) is 4.68 Å². The molecule has 1 fully saturated rings. The van der Waals surface area contributed by atoms with Crippen molar-refractivity contribution in [3.05, 3.63) is 11.9 Å². The second-order valence-electron chi connectivity index (χ2n) is 3.81. The molecule has 0 bridgehead atoms. The summed E-state index contributed by atoms with van der Waals surface area (Å²) in [6.07, 6.45) is 5.10. The van der Waals surface area contributed by atoms with Crippen LogP contribution in [0.5, 0.6) is 0 Å². The highest BCUT2D eigenvalue weighted by molar-refractivity contribution is 4.97. The molecular weight excluding hydrogens is 166 g/mol. The van der Waals surface area contributed by atoms with E-state index in [0.717, 1.165) is 18.2 Å². The third-order valence-corrected chi connectivity index (χ3v) is 2.73. The van der Waals surface area contributed by atoms with Crippen LogP contribution in [0.15, 0.2) is 6.20 Å². The third-order valence-electron chi connectivity index (χ3n) is 2.73. The van der Waals surface area contributed by atoms with Gasteiger partial charge in [-0.15, -0.1) is 5.10 Å². The van der Waals surface area contributed by atoms with Crippen LogP contribution >= 0.6 is 0 Å². The van der Waals surface area contributed by atoms with Crippen molar-refractivity contribution in [3.8, 4) is 0 Å². The van der Waals surface area contributed by atoms with E-state index in [1.54, 1.807) is 13.1 Å². The number of rotatable bonds is 3. The first-order valence-electron chi connectivity index (χ1n) is 4.84. The Morgan fingerprint density at radius 2 is 2.46 bits per heavy atom. The topological polar surface area (TPSA) is 50.9 Å². The highest BCUT2D eigenvalue weighted by Crippen LogP contribution is 2.28. The minimum Gasteiger partial charge on any atom is -0.387 e. The monoisotopic (exact) mass is 181 g/mol. The number of aliphatic hydroxyl groups is 1. The summed E-state index contributed by atoms with van der Waals surface area (Å²) in [6.45, 7) is 2.66. The van der Waals surface area contributed by atoms with Crippen LogP contribution in [0.2, 0.25) is 0 Å². The standard InChI is InChI=1S/C9H15N3O/c1-7(13)9-5-10-11-12(9)6-8-3-2-4-8/h5,7-8,13H,2-4,6H2,1H3/t7-/m0/s1. The van der Waals surface area contributed by atoms with Crippen molar-refractivity contribution in [1.82, 2.24) is 15.0 Å². The molecule has 4 heteroatoms. The summed E-state index contributed by atoms with van der Waals surface area (Å²) in [5.74, 6) is 0.749. The fraction of sp³-hybridized carbons (Fsp3) is 0.778. The minimum absolute atomic E-state index is 0.463. The van der Waals surface area contributed by atoms with Crippen LogP contribution in [0.1, 0.15) is 38.0 Å². The van der Waals surface area contributed by atoms with Crippen LogP contribution in [0.25, 0.3) is 0 Å². The first-order chi connectivity index (χ1) is 6.27. The molecule has 0 saturated heterocycles. The lowest BCUT2D eigenvalue weighted by Crippen LogP contribution is -2.20. The van der Waals surface area contributed by atoms with Crippen LogP contribution in [0.3, 0.4) is 0 Å². The maximum Gasteiger partial charge on any atom is 0.0945 e. The zero-order valence-corrected chi connectivity index (χ0v) is 7.85. The number of aromatic nitrogens is 3. The van der Waals surface area contributed by atoms with Gasteiger partial charge in [0.05, 0.1) is 18.0 Å². The van der Waals surface area contributed by atoms with Gasteiger partial charge < -0.3 is 5.11 Å². The van der Waals surface area contributed by atoms with Gasteiger partial charge in [0, 0.05) is 6.54 Å². The second-order valence-corrected chi connectivity index (χ2v) is 3.81. The molecule has 72 valence electrons. The Kier molecular flexibility index (Phi) is 2.31. The predicted molar refractivity (Wildman–Crippen MR) is 48.0 cm³/mol. The second kappa shape index (κ2) is 3.46. The average molecular weight is 181 g/mol. The van der Waals surface area contributed by atoms with Crippen LogP contribution in [0, 0.1) is 5.92 Å². The third kappa shape index (κ3) is 1.72. The Balaban J connectivity index is 2.05. The molecule has 1 aliphatic rings. The van der Waals surface area contributed by atoms with Crippen molar-refractivity contribution in [2.24, 2.45) is 5.92 Å². The molecule has 0 aliphatic heterocycles. The van der Waals surface area contributed by atoms with Gasteiger partial charge in [-0.05, 0) is 25.7 Å². The fourth-order valence-electron chi connectivity index (χ4n) is 1.65. The van der Waals surface area contributed by atoms with E-state index in [0.29, 0.717) is 0 Å². The molecule has 4 nitrogen and oxygen atoms in total. The summed E-state index contributed by atoms with van der Waals surface area (Å²) in [4.78, 5) is 0. The van der Waals surface area contributed by atoms with E-state index in [-0.39, 0.29) is 0 Å². The lowest BCUT2D eigenvalue weighted by molar-refractivity contribution is 0.178. The SMILES string of the molecule is C[C@H](O)c1cnnn1CC1CCC1. The molecule has 1 aromatic heterocycles. The van der Waals surface area contributed by atoms with Crippen LogP contribution in [-0.4, -0.2) is 20.1 Å². The van der Waals surface area contributed by atoms with Gasteiger partial charge in [-0.3, -0.25) is 0 Å². The molecule has 1 atom stereocenters. The molecule has 1 aromatic rings. The van der Waals surface area contributed by atoms with Crippen LogP contribution in [0.4, 0.5) is 0 Å². The quantitative estimate of drug-likeness (QED) is 0.760. The predicted octanol–water partition coefficient (Wildman–Crippen LogP) is 1.13. The zero-order chi connectivity index (χ0) is 9.26. The Morgan fingerprint density at radius 3 is 3.00 bits per heavy atom. The normalized spacial score (nSPS) is 19.8. The van der Waals surface area contributed by atoms with Gasteiger partial charge in [-0.1, -0.05) is 11.6 Å². The fourth-order valence-corrected chi connectivity index (χ4v) is 1.65. The van der Waals surface area contributed by atoms with Gasteiger partial charge in [-0.2, -0.15) is 0 Å². The van der Waals surface area contributed by atoms with Crippen molar-refractivity contribution >= 4 is 0 Å². The van der Waals surface area contributed by atoms with Crippen molar-refractivity contribution in [1.29, 1.82) is 0 Å². The largest absolute Gasteiger partial charge is 0.387 e. The van der Waals surface area contributed by atoms with E-state index in [4.69, 9.17) is 0 Å². The van der Waals surface area contributed by atoms with Crippen molar-refractivity contribution < 1.29 is 5.11 Å². The van der Waals surface area contributed by atoms with Crippen molar-refractivity contribution in [2.45, 2.75) is 38.8 Å². The summed E-state index contributed by atoms with van der Waals surface area (Å²) < 4.78 is 1.83. The summed E-state index contributed by atoms with van der Waals surface area (Å²) in [7, 11) is 0. The van der Waals surface area contributed by atoms with E-state index in [2.05, 4.69) is 10.3 Å². The number of hydrogen-bond acceptors (Lipinski definition) is 3. The van der Waals surface area contributed by atoms with E-state index >= 15 is 0 Å². The van der Waals surface area contributed by atoms with Crippen molar-refractivity contribution in [2.75, 3.05) is 0 Å². The number of aliphatic hydroxyl groups excluding tert-OH is 1.